The number of esters is 1. The van der Waals surface area contributed by atoms with Crippen molar-refractivity contribution in [2.45, 2.75) is 26.4 Å². The fourth-order valence-electron chi connectivity index (χ4n) is 1.37. The van der Waals surface area contributed by atoms with E-state index in [2.05, 4.69) is 4.98 Å². The van der Waals surface area contributed by atoms with Crippen LogP contribution in [0.2, 0.25) is 0 Å². The number of hydrogen-bond donors (Lipinski definition) is 0. The molecule has 4 nitrogen and oxygen atoms in total. The molecule has 0 radical (unpaired) electrons. The van der Waals surface area contributed by atoms with Crippen LogP contribution in [-0.2, 0) is 4.74 Å². The van der Waals surface area contributed by atoms with Gasteiger partial charge in [0.2, 0.25) is 0 Å². The number of carbonyl (C=O) groups excluding carboxylic acids is 1. The van der Waals surface area contributed by atoms with Gasteiger partial charge in [-0.25, -0.2) is 4.79 Å². The van der Waals surface area contributed by atoms with E-state index in [1.807, 2.05) is 20.8 Å². The van der Waals surface area contributed by atoms with Crippen LogP contribution in [0.4, 0.5) is 0 Å². The van der Waals surface area contributed by atoms with Crippen molar-refractivity contribution >= 4 is 16.9 Å². The minimum atomic E-state index is -0.506. The van der Waals surface area contributed by atoms with Crippen LogP contribution in [0.5, 0.6) is 0 Å². The van der Waals surface area contributed by atoms with Crippen molar-refractivity contribution in [3.05, 3.63) is 30.3 Å². The molecule has 4 heteroatoms. The van der Waals surface area contributed by atoms with Gasteiger partial charge in [-0.2, -0.15) is 0 Å². The molecule has 0 aliphatic heterocycles. The molecule has 84 valence electrons. The van der Waals surface area contributed by atoms with E-state index in [0.717, 1.165) is 5.39 Å². The Morgan fingerprint density at radius 3 is 2.88 bits per heavy atom. The molecule has 0 aliphatic rings. The molecule has 2 rings (SSSR count). The Labute approximate surface area is 93.2 Å². The van der Waals surface area contributed by atoms with Gasteiger partial charge in [0, 0.05) is 11.6 Å². The van der Waals surface area contributed by atoms with Crippen molar-refractivity contribution in [2.75, 3.05) is 0 Å². The summed E-state index contributed by atoms with van der Waals surface area (Å²) in [5.74, 6) is -0.377. The third-order valence-electron chi connectivity index (χ3n) is 2.00. The average Bonchev–Trinajstić information content (AvgIpc) is 2.58. The van der Waals surface area contributed by atoms with Crippen LogP contribution in [0.3, 0.4) is 0 Å². The maximum Gasteiger partial charge on any atom is 0.342 e. The van der Waals surface area contributed by atoms with E-state index in [9.17, 15) is 4.79 Å². The number of aromatic nitrogens is 1. The molecule has 0 N–H and O–H groups in total. The Kier molecular flexibility index (Phi) is 2.42. The first-order valence-corrected chi connectivity index (χ1v) is 5.02. The van der Waals surface area contributed by atoms with Crippen LogP contribution < -0.4 is 0 Å². The number of nitrogens with zero attached hydrogens (tertiary/aromatic N) is 1. The highest BCUT2D eigenvalue weighted by atomic mass is 16.6. The minimum Gasteiger partial charge on any atom is -0.462 e. The predicted octanol–water partition coefficient (Wildman–Crippen LogP) is 2.78. The average molecular weight is 219 g/mol. The summed E-state index contributed by atoms with van der Waals surface area (Å²) in [6, 6.07) is 1.73. The van der Waals surface area contributed by atoms with E-state index in [4.69, 9.17) is 9.15 Å². The summed E-state index contributed by atoms with van der Waals surface area (Å²) < 4.78 is 10.5. The van der Waals surface area contributed by atoms with E-state index >= 15 is 0 Å². The third-order valence-corrected chi connectivity index (χ3v) is 2.00. The van der Waals surface area contributed by atoms with Crippen molar-refractivity contribution in [3.8, 4) is 0 Å². The Bertz CT molecular complexity index is 522. The molecule has 0 bridgehead atoms. The first kappa shape index (κ1) is 10.7. The number of carbonyl (C=O) groups is 1. The van der Waals surface area contributed by atoms with Crippen molar-refractivity contribution in [1.82, 2.24) is 4.98 Å². The van der Waals surface area contributed by atoms with Crippen LogP contribution in [-0.4, -0.2) is 16.6 Å². The topological polar surface area (TPSA) is 52.3 Å². The summed E-state index contributed by atoms with van der Waals surface area (Å²) in [6.07, 6.45) is 4.59. The summed E-state index contributed by atoms with van der Waals surface area (Å²) in [5, 5.41) is 0.726. The molecule has 0 atom stereocenters. The second-order valence-corrected chi connectivity index (χ2v) is 4.52. The van der Waals surface area contributed by atoms with Gasteiger partial charge in [-0.05, 0) is 26.8 Å². The van der Waals surface area contributed by atoms with Gasteiger partial charge in [-0.1, -0.05) is 0 Å². The lowest BCUT2D eigenvalue weighted by atomic mass is 10.1. The van der Waals surface area contributed by atoms with Crippen LogP contribution in [0.25, 0.3) is 11.0 Å². The number of furan rings is 1. The molecule has 16 heavy (non-hydrogen) atoms. The van der Waals surface area contributed by atoms with Crippen molar-refractivity contribution in [2.24, 2.45) is 0 Å². The van der Waals surface area contributed by atoms with E-state index in [0.29, 0.717) is 11.1 Å². The molecular formula is C12H13NO3. The zero-order chi connectivity index (χ0) is 11.8. The second kappa shape index (κ2) is 3.63. The molecule has 0 aromatic carbocycles. The zero-order valence-corrected chi connectivity index (χ0v) is 9.48. The van der Waals surface area contributed by atoms with Crippen LogP contribution in [0.15, 0.2) is 29.1 Å². The van der Waals surface area contributed by atoms with Gasteiger partial charge >= 0.3 is 5.97 Å². The molecule has 2 aromatic heterocycles. The van der Waals surface area contributed by atoms with E-state index < -0.39 is 5.60 Å². The number of pyridine rings is 1. The number of fused-ring (bicyclic) bond motifs is 1. The summed E-state index contributed by atoms with van der Waals surface area (Å²) in [6.45, 7) is 5.48. The fourth-order valence-corrected chi connectivity index (χ4v) is 1.37. The highest BCUT2D eigenvalue weighted by molar-refractivity contribution is 6.02. The van der Waals surface area contributed by atoms with E-state index in [1.54, 1.807) is 18.5 Å². The summed E-state index contributed by atoms with van der Waals surface area (Å²) in [7, 11) is 0. The normalized spacial score (nSPS) is 11.7. The van der Waals surface area contributed by atoms with Crippen LogP contribution in [0, 0.1) is 0 Å². The van der Waals surface area contributed by atoms with E-state index in [1.165, 1.54) is 6.26 Å². The predicted molar refractivity (Wildman–Crippen MR) is 59.2 cm³/mol. The smallest absolute Gasteiger partial charge is 0.342 e. The SMILES string of the molecule is CC(C)(C)OC(=O)c1coc2cnccc12. The summed E-state index contributed by atoms with van der Waals surface area (Å²) >= 11 is 0. The number of hydrogen-bond acceptors (Lipinski definition) is 4. The Balaban J connectivity index is 2.37. The summed E-state index contributed by atoms with van der Waals surface area (Å²) in [5.41, 5.74) is 0.518. The zero-order valence-electron chi connectivity index (χ0n) is 9.48. The van der Waals surface area contributed by atoms with Crippen molar-refractivity contribution < 1.29 is 13.9 Å². The van der Waals surface area contributed by atoms with Crippen molar-refractivity contribution in [1.29, 1.82) is 0 Å². The van der Waals surface area contributed by atoms with Crippen LogP contribution >= 0.6 is 0 Å². The van der Waals surface area contributed by atoms with E-state index in [-0.39, 0.29) is 5.97 Å². The molecule has 0 saturated heterocycles. The van der Waals surface area contributed by atoms with Gasteiger partial charge in [-0.15, -0.1) is 0 Å². The van der Waals surface area contributed by atoms with Gasteiger partial charge in [0.25, 0.3) is 0 Å². The van der Waals surface area contributed by atoms with Gasteiger partial charge in [0.15, 0.2) is 5.58 Å². The third kappa shape index (κ3) is 2.05. The second-order valence-electron chi connectivity index (χ2n) is 4.52. The Hall–Kier alpha value is -1.84. The Morgan fingerprint density at radius 1 is 1.44 bits per heavy atom. The standard InChI is InChI=1S/C12H13NO3/c1-12(2,3)16-11(14)9-7-15-10-6-13-5-4-8(9)10/h4-7H,1-3H3. The lowest BCUT2D eigenvalue weighted by molar-refractivity contribution is 0.00709. The maximum absolute atomic E-state index is 11.8. The minimum absolute atomic E-state index is 0.377. The molecule has 0 fully saturated rings. The van der Waals surface area contributed by atoms with Gasteiger partial charge in [0.05, 0.1) is 6.20 Å². The lowest BCUT2D eigenvalue weighted by Gasteiger charge is -2.18. The highest BCUT2D eigenvalue weighted by Crippen LogP contribution is 2.22. The molecule has 0 unspecified atom stereocenters. The molecule has 2 aromatic rings. The first-order valence-electron chi connectivity index (χ1n) is 5.02. The largest absolute Gasteiger partial charge is 0.462 e. The molecule has 0 amide bonds. The number of ether oxygens (including phenoxy) is 1. The summed E-state index contributed by atoms with van der Waals surface area (Å²) in [4.78, 5) is 15.7. The quantitative estimate of drug-likeness (QED) is 0.692. The van der Waals surface area contributed by atoms with Crippen LogP contribution in [0.1, 0.15) is 31.1 Å². The van der Waals surface area contributed by atoms with Crippen molar-refractivity contribution in [3.63, 3.8) is 0 Å². The molecule has 0 saturated carbocycles. The highest BCUT2D eigenvalue weighted by Gasteiger charge is 2.21. The van der Waals surface area contributed by atoms with Gasteiger partial charge < -0.3 is 9.15 Å². The van der Waals surface area contributed by atoms with Gasteiger partial charge in [-0.3, -0.25) is 4.98 Å². The fraction of sp³-hybridized carbons (Fsp3) is 0.333. The maximum atomic E-state index is 11.8. The number of rotatable bonds is 1. The lowest BCUT2D eigenvalue weighted by Crippen LogP contribution is -2.23. The van der Waals surface area contributed by atoms with Gasteiger partial charge in [0.1, 0.15) is 17.4 Å². The first-order chi connectivity index (χ1) is 7.47. The molecular weight excluding hydrogens is 206 g/mol. The monoisotopic (exact) mass is 219 g/mol. The molecule has 0 spiro atoms. The Morgan fingerprint density at radius 2 is 2.19 bits per heavy atom. The molecule has 2 heterocycles. The molecule has 0 aliphatic carbocycles.